The Labute approximate surface area is 205 Å². The summed E-state index contributed by atoms with van der Waals surface area (Å²) in [5.74, 6) is 0.855. The Morgan fingerprint density at radius 3 is 2.26 bits per heavy atom. The van der Waals surface area contributed by atoms with Gasteiger partial charge in [-0.15, -0.1) is 0 Å². The van der Waals surface area contributed by atoms with Gasteiger partial charge in [-0.2, -0.15) is 4.98 Å². The number of nitrogens with two attached hydrogens (primary N) is 1. The van der Waals surface area contributed by atoms with Gasteiger partial charge in [0.25, 0.3) is 0 Å². The minimum Gasteiger partial charge on any atom is -0.340 e. The van der Waals surface area contributed by atoms with Gasteiger partial charge < -0.3 is 10.6 Å². The second kappa shape index (κ2) is 9.53. The molecule has 0 spiro atoms. The summed E-state index contributed by atoms with van der Waals surface area (Å²) in [5, 5.41) is 11.3. The minimum absolute atomic E-state index is 0.0311. The van der Waals surface area contributed by atoms with Gasteiger partial charge in [-0.25, -0.2) is 31.3 Å². The topological polar surface area (TPSA) is 147 Å². The first-order valence-electron chi connectivity index (χ1n) is 11.0. The van der Waals surface area contributed by atoms with Crippen LogP contribution in [0.1, 0.15) is 29.5 Å². The highest BCUT2D eigenvalue weighted by Crippen LogP contribution is 2.31. The number of aromatic nitrogens is 2. The largest absolute Gasteiger partial charge is 0.340 e. The molecule has 0 bridgehead atoms. The maximum Gasteiger partial charge on any atom is 0.238 e. The predicted molar refractivity (Wildman–Crippen MR) is 136 cm³/mol. The van der Waals surface area contributed by atoms with E-state index >= 15 is 0 Å². The molecule has 186 valence electrons. The smallest absolute Gasteiger partial charge is 0.238 e. The Hall–Kier alpha value is -3.06. The predicted octanol–water partition coefficient (Wildman–Crippen LogP) is 3.15. The maximum atomic E-state index is 12.3. The minimum atomic E-state index is -3.85. The first-order valence-corrected chi connectivity index (χ1v) is 14.0. The molecule has 4 N–H and O–H groups in total. The monoisotopic (exact) mass is 516 g/mol. The summed E-state index contributed by atoms with van der Waals surface area (Å²) in [4.78, 5) is 8.81. The normalized spacial score (nSPS) is 14.2. The van der Waals surface area contributed by atoms with E-state index in [1.807, 2.05) is 31.2 Å². The average Bonchev–Trinajstić information content (AvgIpc) is 3.64. The van der Waals surface area contributed by atoms with Crippen molar-refractivity contribution < 1.29 is 16.8 Å². The number of anilines is 4. The van der Waals surface area contributed by atoms with Gasteiger partial charge in [-0.05, 0) is 62.1 Å². The number of benzene rings is 2. The number of rotatable bonds is 9. The maximum absolute atomic E-state index is 12.3. The van der Waals surface area contributed by atoms with Crippen molar-refractivity contribution in [3.8, 4) is 0 Å². The van der Waals surface area contributed by atoms with Crippen molar-refractivity contribution in [3.05, 3.63) is 65.4 Å². The first-order chi connectivity index (χ1) is 16.4. The molecule has 10 nitrogen and oxygen atoms in total. The quantitative estimate of drug-likeness (QED) is 0.393. The number of nitrogens with one attached hydrogen (secondary N) is 2. The highest BCUT2D eigenvalue weighted by molar-refractivity contribution is 7.90. The van der Waals surface area contributed by atoms with Crippen LogP contribution in [0.3, 0.4) is 0 Å². The van der Waals surface area contributed by atoms with Crippen molar-refractivity contribution in [3.63, 3.8) is 0 Å². The van der Waals surface area contributed by atoms with Crippen molar-refractivity contribution in [1.82, 2.24) is 14.3 Å². The SMILES string of the molecule is Cc1ccc(Nc2ncc(C)c(Nc3ccc(CN(C)S(=O)(=O)C4CC4)cc3)n2)cc1S(N)(=O)=O. The highest BCUT2D eigenvalue weighted by atomic mass is 32.2. The van der Waals surface area contributed by atoms with Crippen molar-refractivity contribution in [1.29, 1.82) is 0 Å². The third-order valence-corrected chi connectivity index (χ3v) is 9.09. The van der Waals surface area contributed by atoms with Crippen molar-refractivity contribution in [2.75, 3.05) is 17.7 Å². The molecule has 4 rings (SSSR count). The molecule has 12 heteroatoms. The molecule has 0 radical (unpaired) electrons. The molecule has 1 saturated carbocycles. The molecule has 0 atom stereocenters. The number of primary sulfonamides is 1. The molecular weight excluding hydrogens is 488 g/mol. The number of nitrogens with zero attached hydrogens (tertiary/aromatic N) is 3. The number of hydrogen-bond acceptors (Lipinski definition) is 8. The van der Waals surface area contributed by atoms with Gasteiger partial charge in [-0.3, -0.25) is 0 Å². The summed E-state index contributed by atoms with van der Waals surface area (Å²) in [6, 6.07) is 12.3. The fraction of sp³-hybridized carbons (Fsp3) is 0.304. The van der Waals surface area contributed by atoms with Gasteiger partial charge in [-0.1, -0.05) is 18.2 Å². The van der Waals surface area contributed by atoms with Crippen LogP contribution in [0.4, 0.5) is 23.1 Å². The van der Waals surface area contributed by atoms with Crippen LogP contribution in [0, 0.1) is 13.8 Å². The molecule has 0 saturated heterocycles. The molecule has 1 heterocycles. The first kappa shape index (κ1) is 25.0. The van der Waals surface area contributed by atoms with Crippen molar-refractivity contribution >= 4 is 43.2 Å². The average molecular weight is 517 g/mol. The fourth-order valence-electron chi connectivity index (χ4n) is 3.54. The standard InChI is InChI=1S/C23H28N6O4S2/c1-15-4-7-19(12-21(15)34(24,30)31)27-23-25-13-16(2)22(28-23)26-18-8-5-17(6-9-18)14-29(3)35(32,33)20-10-11-20/h4-9,12-13,20H,10-11,14H2,1-3H3,(H2,24,30,31)(H2,25,26,27,28). The molecule has 3 aromatic rings. The van der Waals surface area contributed by atoms with Gasteiger partial charge in [0.05, 0.1) is 10.1 Å². The lowest BCUT2D eigenvalue weighted by Crippen LogP contribution is -2.29. The van der Waals surface area contributed by atoms with E-state index in [-0.39, 0.29) is 16.1 Å². The van der Waals surface area contributed by atoms with Crippen LogP contribution >= 0.6 is 0 Å². The van der Waals surface area contributed by atoms with E-state index in [1.165, 1.54) is 10.4 Å². The number of aryl methyl sites for hydroxylation is 2. The fourth-order valence-corrected chi connectivity index (χ4v) is 5.92. The van der Waals surface area contributed by atoms with Gasteiger partial charge in [0.15, 0.2) is 0 Å². The molecular formula is C23H28N6O4S2. The summed E-state index contributed by atoms with van der Waals surface area (Å²) >= 11 is 0. The van der Waals surface area contributed by atoms with Gasteiger partial charge in [0, 0.05) is 36.7 Å². The zero-order valence-electron chi connectivity index (χ0n) is 19.7. The van der Waals surface area contributed by atoms with Gasteiger partial charge in [0.2, 0.25) is 26.0 Å². The zero-order chi connectivity index (χ0) is 25.4. The summed E-state index contributed by atoms with van der Waals surface area (Å²) in [6.07, 6.45) is 3.13. The van der Waals surface area contributed by atoms with E-state index in [2.05, 4.69) is 20.6 Å². The van der Waals surface area contributed by atoms with Crippen LogP contribution < -0.4 is 15.8 Å². The lowest BCUT2D eigenvalue weighted by atomic mass is 10.2. The van der Waals surface area contributed by atoms with E-state index in [1.54, 1.807) is 32.3 Å². The van der Waals surface area contributed by atoms with Crippen LogP contribution in [0.2, 0.25) is 0 Å². The van der Waals surface area contributed by atoms with Crippen LogP contribution in [0.5, 0.6) is 0 Å². The Morgan fingerprint density at radius 1 is 0.971 bits per heavy atom. The summed E-state index contributed by atoms with van der Waals surface area (Å²) < 4.78 is 49.7. The zero-order valence-corrected chi connectivity index (χ0v) is 21.3. The van der Waals surface area contributed by atoms with Gasteiger partial charge in [0.1, 0.15) is 5.82 Å². The molecule has 1 aliphatic carbocycles. The highest BCUT2D eigenvalue weighted by Gasteiger charge is 2.38. The van der Waals surface area contributed by atoms with Crippen LogP contribution in [0.15, 0.2) is 53.6 Å². The molecule has 1 aliphatic rings. The van der Waals surface area contributed by atoms with Gasteiger partial charge >= 0.3 is 0 Å². The second-order valence-corrected chi connectivity index (χ2v) is 12.5. The third kappa shape index (κ3) is 5.96. The van der Waals surface area contributed by atoms with Crippen molar-refractivity contribution in [2.24, 2.45) is 5.14 Å². The molecule has 35 heavy (non-hydrogen) atoms. The molecule has 1 aromatic heterocycles. The van der Waals surface area contributed by atoms with E-state index in [0.717, 1.165) is 29.7 Å². The molecule has 2 aromatic carbocycles. The number of sulfonamides is 2. The summed E-state index contributed by atoms with van der Waals surface area (Å²) in [5.41, 5.74) is 3.51. The molecule has 0 unspecified atom stereocenters. The lowest BCUT2D eigenvalue weighted by Gasteiger charge is -2.17. The summed E-state index contributed by atoms with van der Waals surface area (Å²) in [7, 11) is -5.46. The van der Waals surface area contributed by atoms with Crippen LogP contribution in [-0.2, 0) is 26.6 Å². The van der Waals surface area contributed by atoms with E-state index in [4.69, 9.17) is 5.14 Å². The van der Waals surface area contributed by atoms with E-state index < -0.39 is 20.0 Å². The Balaban J connectivity index is 1.47. The molecule has 0 amide bonds. The lowest BCUT2D eigenvalue weighted by molar-refractivity contribution is 0.465. The molecule has 1 fully saturated rings. The van der Waals surface area contributed by atoms with Crippen LogP contribution in [0.25, 0.3) is 0 Å². The number of hydrogen-bond donors (Lipinski definition) is 3. The third-order valence-electron chi connectivity index (χ3n) is 5.72. The summed E-state index contributed by atoms with van der Waals surface area (Å²) in [6.45, 7) is 3.85. The van der Waals surface area contributed by atoms with Crippen molar-refractivity contribution in [2.45, 2.75) is 43.4 Å². The van der Waals surface area contributed by atoms with E-state index in [0.29, 0.717) is 23.6 Å². The van der Waals surface area contributed by atoms with E-state index in [9.17, 15) is 16.8 Å². The Kier molecular flexibility index (Phi) is 6.82. The van der Waals surface area contributed by atoms with Crippen LogP contribution in [-0.4, -0.2) is 43.4 Å². The second-order valence-electron chi connectivity index (χ2n) is 8.70. The molecule has 0 aliphatic heterocycles. The Bertz CT molecular complexity index is 1450. The Morgan fingerprint density at radius 2 is 1.63 bits per heavy atom.